The first-order valence-electron chi connectivity index (χ1n) is 5.98. The van der Waals surface area contributed by atoms with Gasteiger partial charge in [0.25, 0.3) is 11.8 Å². The molecule has 4 amide bonds. The molecule has 0 radical (unpaired) electrons. The van der Waals surface area contributed by atoms with Crippen molar-refractivity contribution in [2.24, 2.45) is 10.2 Å². The molecule has 0 spiro atoms. The minimum atomic E-state index is -1.30. The van der Waals surface area contributed by atoms with Gasteiger partial charge in [-0.25, -0.2) is 4.79 Å². The second-order valence-electron chi connectivity index (χ2n) is 4.53. The van der Waals surface area contributed by atoms with E-state index in [9.17, 15) is 14.4 Å². The van der Waals surface area contributed by atoms with E-state index in [4.69, 9.17) is 0 Å². The van der Waals surface area contributed by atoms with Crippen LogP contribution in [0.4, 0.5) is 10.5 Å². The van der Waals surface area contributed by atoms with E-state index in [0.29, 0.717) is 5.69 Å². The number of carbonyl (C=O) groups is 3. The number of amides is 4. The summed E-state index contributed by atoms with van der Waals surface area (Å²) in [4.78, 5) is 37.0. The standard InChI is InChI=1S/C13H14N4O3/c1-8-4-6-9(7-5-8)14-15-10-11(18)16(2)13(20)17(3)12(10)19/h4-7,10H,1-3H3. The topological polar surface area (TPSA) is 82.4 Å². The first-order chi connectivity index (χ1) is 9.41. The molecule has 0 aliphatic carbocycles. The van der Waals surface area contributed by atoms with Crippen molar-refractivity contribution in [2.45, 2.75) is 13.0 Å². The van der Waals surface area contributed by atoms with Gasteiger partial charge in [0.2, 0.25) is 6.04 Å². The van der Waals surface area contributed by atoms with Gasteiger partial charge in [0.1, 0.15) is 0 Å². The van der Waals surface area contributed by atoms with Crippen LogP contribution in [0, 0.1) is 6.92 Å². The maximum absolute atomic E-state index is 11.9. The van der Waals surface area contributed by atoms with E-state index in [1.807, 2.05) is 19.1 Å². The van der Waals surface area contributed by atoms with Crippen LogP contribution in [0.5, 0.6) is 0 Å². The fourth-order valence-corrected chi connectivity index (χ4v) is 1.72. The monoisotopic (exact) mass is 274 g/mol. The third-order valence-corrected chi connectivity index (χ3v) is 3.03. The Hall–Kier alpha value is -2.57. The number of hydrogen-bond acceptors (Lipinski definition) is 5. The molecule has 0 atom stereocenters. The van der Waals surface area contributed by atoms with E-state index in [1.54, 1.807) is 12.1 Å². The summed E-state index contributed by atoms with van der Waals surface area (Å²) in [6.07, 6.45) is 0. The van der Waals surface area contributed by atoms with E-state index >= 15 is 0 Å². The van der Waals surface area contributed by atoms with Gasteiger partial charge in [0.15, 0.2) is 0 Å². The van der Waals surface area contributed by atoms with Crippen LogP contribution >= 0.6 is 0 Å². The van der Waals surface area contributed by atoms with Gasteiger partial charge in [-0.2, -0.15) is 10.2 Å². The lowest BCUT2D eigenvalue weighted by molar-refractivity contribution is -0.143. The molecule has 0 bridgehead atoms. The highest BCUT2D eigenvalue weighted by atomic mass is 16.2. The fraction of sp³-hybridized carbons (Fsp3) is 0.308. The molecular weight excluding hydrogens is 260 g/mol. The van der Waals surface area contributed by atoms with Gasteiger partial charge in [0, 0.05) is 14.1 Å². The molecule has 0 aromatic heterocycles. The highest BCUT2D eigenvalue weighted by Crippen LogP contribution is 2.17. The van der Waals surface area contributed by atoms with E-state index in [0.717, 1.165) is 15.4 Å². The molecule has 0 saturated carbocycles. The second-order valence-corrected chi connectivity index (χ2v) is 4.53. The zero-order valence-electron chi connectivity index (χ0n) is 11.4. The van der Waals surface area contributed by atoms with E-state index in [1.165, 1.54) is 14.1 Å². The van der Waals surface area contributed by atoms with Gasteiger partial charge >= 0.3 is 6.03 Å². The third kappa shape index (κ3) is 2.42. The lowest BCUT2D eigenvalue weighted by atomic mass is 10.2. The molecule has 1 aliphatic heterocycles. The Morgan fingerprint density at radius 1 is 0.950 bits per heavy atom. The Morgan fingerprint density at radius 3 is 1.95 bits per heavy atom. The van der Waals surface area contributed by atoms with Gasteiger partial charge in [0.05, 0.1) is 5.69 Å². The summed E-state index contributed by atoms with van der Waals surface area (Å²) >= 11 is 0. The Labute approximate surface area is 115 Å². The third-order valence-electron chi connectivity index (χ3n) is 3.03. The predicted molar refractivity (Wildman–Crippen MR) is 70.4 cm³/mol. The molecule has 104 valence electrons. The molecule has 20 heavy (non-hydrogen) atoms. The van der Waals surface area contributed by atoms with Crippen LogP contribution in [0.25, 0.3) is 0 Å². The van der Waals surface area contributed by atoms with E-state index < -0.39 is 23.9 Å². The van der Waals surface area contributed by atoms with Crippen molar-refractivity contribution in [3.8, 4) is 0 Å². The zero-order valence-corrected chi connectivity index (χ0v) is 11.4. The van der Waals surface area contributed by atoms with Gasteiger partial charge in [-0.3, -0.25) is 19.4 Å². The van der Waals surface area contributed by atoms with Crippen LogP contribution in [-0.2, 0) is 9.59 Å². The highest BCUT2D eigenvalue weighted by molar-refractivity contribution is 6.18. The van der Waals surface area contributed by atoms with Gasteiger partial charge in [-0.15, -0.1) is 0 Å². The van der Waals surface area contributed by atoms with Crippen LogP contribution in [0.3, 0.4) is 0 Å². The molecule has 1 fully saturated rings. The van der Waals surface area contributed by atoms with Gasteiger partial charge in [-0.1, -0.05) is 17.7 Å². The Balaban J connectivity index is 2.23. The summed E-state index contributed by atoms with van der Waals surface area (Å²) in [5.74, 6) is -1.34. The van der Waals surface area contributed by atoms with Crippen molar-refractivity contribution in [3.05, 3.63) is 29.8 Å². The predicted octanol–water partition coefficient (Wildman–Crippen LogP) is 1.50. The maximum atomic E-state index is 11.9. The number of likely N-dealkylation sites (N-methyl/N-ethyl adjacent to an activating group) is 2. The average molecular weight is 274 g/mol. The maximum Gasteiger partial charge on any atom is 0.333 e. The molecular formula is C13H14N4O3. The summed E-state index contributed by atoms with van der Waals surface area (Å²) in [5.41, 5.74) is 1.61. The molecule has 1 aromatic carbocycles. The summed E-state index contributed by atoms with van der Waals surface area (Å²) in [6, 6.07) is 5.19. The van der Waals surface area contributed by atoms with Crippen LogP contribution in [0.2, 0.25) is 0 Å². The minimum absolute atomic E-state index is 0.540. The molecule has 7 nitrogen and oxygen atoms in total. The molecule has 1 aromatic rings. The average Bonchev–Trinajstić information content (AvgIpc) is 2.45. The summed E-state index contributed by atoms with van der Waals surface area (Å²) in [7, 11) is 2.62. The lowest BCUT2D eigenvalue weighted by Crippen LogP contribution is -2.58. The molecule has 1 heterocycles. The number of hydrogen-bond donors (Lipinski definition) is 0. The Bertz CT molecular complexity index is 570. The number of benzene rings is 1. The normalized spacial score (nSPS) is 17.4. The molecule has 1 saturated heterocycles. The van der Waals surface area contributed by atoms with Crippen molar-refractivity contribution < 1.29 is 14.4 Å². The first kappa shape index (κ1) is 13.9. The largest absolute Gasteiger partial charge is 0.333 e. The SMILES string of the molecule is Cc1ccc(N=NC2C(=O)N(C)C(=O)N(C)C2=O)cc1. The number of aryl methyl sites for hydroxylation is 1. The zero-order chi connectivity index (χ0) is 14.9. The highest BCUT2D eigenvalue weighted by Gasteiger charge is 2.42. The van der Waals surface area contributed by atoms with Crippen molar-refractivity contribution >= 4 is 23.5 Å². The van der Waals surface area contributed by atoms with Crippen molar-refractivity contribution in [2.75, 3.05) is 14.1 Å². The van der Waals surface area contributed by atoms with Crippen LogP contribution < -0.4 is 0 Å². The molecule has 2 rings (SSSR count). The number of imide groups is 2. The number of rotatable bonds is 2. The van der Waals surface area contributed by atoms with E-state index in [2.05, 4.69) is 10.2 Å². The Morgan fingerprint density at radius 2 is 1.45 bits per heavy atom. The molecule has 7 heteroatoms. The number of carbonyl (C=O) groups excluding carboxylic acids is 3. The number of barbiturate groups is 1. The van der Waals surface area contributed by atoms with Crippen molar-refractivity contribution in [3.63, 3.8) is 0 Å². The van der Waals surface area contributed by atoms with Crippen molar-refractivity contribution in [1.29, 1.82) is 0 Å². The van der Waals surface area contributed by atoms with Crippen molar-refractivity contribution in [1.82, 2.24) is 9.80 Å². The van der Waals surface area contributed by atoms with Crippen LogP contribution in [-0.4, -0.2) is 47.8 Å². The molecule has 1 aliphatic rings. The fourth-order valence-electron chi connectivity index (χ4n) is 1.72. The second kappa shape index (κ2) is 5.20. The first-order valence-corrected chi connectivity index (χ1v) is 5.98. The minimum Gasteiger partial charge on any atom is -0.271 e. The van der Waals surface area contributed by atoms with Gasteiger partial charge < -0.3 is 0 Å². The van der Waals surface area contributed by atoms with Gasteiger partial charge in [-0.05, 0) is 19.1 Å². The summed E-state index contributed by atoms with van der Waals surface area (Å²) < 4.78 is 0. The summed E-state index contributed by atoms with van der Waals surface area (Å²) in [5, 5.41) is 7.66. The smallest absolute Gasteiger partial charge is 0.271 e. The molecule has 0 N–H and O–H groups in total. The number of urea groups is 1. The Kier molecular flexibility index (Phi) is 3.60. The number of azo groups is 1. The van der Waals surface area contributed by atoms with Crippen LogP contribution in [0.1, 0.15) is 5.56 Å². The van der Waals surface area contributed by atoms with Crippen LogP contribution in [0.15, 0.2) is 34.5 Å². The number of nitrogens with zero attached hydrogens (tertiary/aromatic N) is 4. The summed E-state index contributed by atoms with van der Waals surface area (Å²) in [6.45, 7) is 1.94. The van der Waals surface area contributed by atoms with E-state index in [-0.39, 0.29) is 0 Å². The lowest BCUT2D eigenvalue weighted by Gasteiger charge is -2.30. The molecule has 0 unspecified atom stereocenters. The quantitative estimate of drug-likeness (QED) is 0.605.